The molecule has 2 aromatic carbocycles. The lowest BCUT2D eigenvalue weighted by Crippen LogP contribution is -2.27. The summed E-state index contributed by atoms with van der Waals surface area (Å²) in [7, 11) is 1.22. The summed E-state index contributed by atoms with van der Waals surface area (Å²) in [6, 6.07) is 14.1. The lowest BCUT2D eigenvalue weighted by molar-refractivity contribution is -0.384. The molecule has 0 unspecified atom stereocenters. The van der Waals surface area contributed by atoms with Crippen molar-refractivity contribution in [2.45, 2.75) is 20.1 Å². The molecular formula is C26H22N2O9S. The molecule has 1 aromatic heterocycles. The number of imide groups is 1. The van der Waals surface area contributed by atoms with Gasteiger partial charge < -0.3 is 18.6 Å². The van der Waals surface area contributed by atoms with Crippen LogP contribution >= 0.6 is 11.8 Å². The van der Waals surface area contributed by atoms with E-state index in [1.807, 2.05) is 6.92 Å². The Labute approximate surface area is 221 Å². The van der Waals surface area contributed by atoms with Gasteiger partial charge in [-0.1, -0.05) is 18.2 Å². The first-order valence-electron chi connectivity index (χ1n) is 11.3. The van der Waals surface area contributed by atoms with Crippen molar-refractivity contribution in [2.24, 2.45) is 0 Å². The molecule has 2 amide bonds. The van der Waals surface area contributed by atoms with Crippen LogP contribution in [0, 0.1) is 10.1 Å². The Hall–Kier alpha value is -4.58. The number of nitrogens with zero attached hydrogens (tertiary/aromatic N) is 2. The van der Waals surface area contributed by atoms with Gasteiger partial charge in [0, 0.05) is 12.1 Å². The Balaban J connectivity index is 1.48. The third kappa shape index (κ3) is 6.03. The van der Waals surface area contributed by atoms with Crippen LogP contribution in [0.5, 0.6) is 11.5 Å². The fourth-order valence-corrected chi connectivity index (χ4v) is 4.38. The van der Waals surface area contributed by atoms with Gasteiger partial charge in [0.25, 0.3) is 16.8 Å². The average Bonchev–Trinajstić information content (AvgIpc) is 3.48. The molecule has 1 fully saturated rings. The number of nitro benzene ring substituents is 1. The molecule has 0 radical (unpaired) electrons. The van der Waals surface area contributed by atoms with Crippen LogP contribution < -0.4 is 9.47 Å². The molecular weight excluding hydrogens is 516 g/mol. The fraction of sp³-hybridized carbons (Fsp3) is 0.192. The minimum Gasteiger partial charge on any atom is -0.490 e. The number of ether oxygens (including phenoxy) is 3. The molecule has 0 N–H and O–H groups in total. The van der Waals surface area contributed by atoms with Crippen LogP contribution in [0.25, 0.3) is 6.08 Å². The molecule has 4 rings (SSSR count). The van der Waals surface area contributed by atoms with Crippen LogP contribution in [0.1, 0.15) is 34.4 Å². The Morgan fingerprint density at radius 1 is 1.11 bits per heavy atom. The highest BCUT2D eigenvalue weighted by Gasteiger charge is 2.35. The highest BCUT2D eigenvalue weighted by molar-refractivity contribution is 8.18. The van der Waals surface area contributed by atoms with Crippen molar-refractivity contribution in [1.29, 1.82) is 0 Å². The first kappa shape index (κ1) is 26.5. The second-order valence-corrected chi connectivity index (χ2v) is 8.87. The predicted molar refractivity (Wildman–Crippen MR) is 137 cm³/mol. The normalized spacial score (nSPS) is 14.2. The van der Waals surface area contributed by atoms with Crippen LogP contribution in [0.2, 0.25) is 0 Å². The van der Waals surface area contributed by atoms with Crippen LogP contribution in [-0.4, -0.2) is 40.7 Å². The maximum Gasteiger partial charge on any atom is 0.373 e. The smallest absolute Gasteiger partial charge is 0.373 e. The number of amides is 2. The molecule has 1 aliphatic heterocycles. The van der Waals surface area contributed by atoms with Crippen molar-refractivity contribution in [3.63, 3.8) is 0 Å². The quantitative estimate of drug-likeness (QED) is 0.147. The Bertz CT molecular complexity index is 1430. The van der Waals surface area contributed by atoms with Crippen LogP contribution in [0.3, 0.4) is 0 Å². The average molecular weight is 539 g/mol. The zero-order valence-electron chi connectivity index (χ0n) is 20.4. The van der Waals surface area contributed by atoms with Crippen molar-refractivity contribution < 1.29 is 37.9 Å². The molecule has 0 atom stereocenters. The van der Waals surface area contributed by atoms with Gasteiger partial charge in [0.1, 0.15) is 12.4 Å². The third-order valence-electron chi connectivity index (χ3n) is 5.32. The summed E-state index contributed by atoms with van der Waals surface area (Å²) in [5.41, 5.74) is 1.19. The third-order valence-corrected chi connectivity index (χ3v) is 6.22. The van der Waals surface area contributed by atoms with E-state index in [0.717, 1.165) is 16.7 Å². The van der Waals surface area contributed by atoms with Crippen molar-refractivity contribution in [3.8, 4) is 11.5 Å². The maximum atomic E-state index is 12.9. The number of carbonyl (C=O) groups is 3. The number of nitro groups is 1. The molecule has 0 bridgehead atoms. The largest absolute Gasteiger partial charge is 0.490 e. The lowest BCUT2D eigenvalue weighted by Gasteiger charge is -2.13. The van der Waals surface area contributed by atoms with Crippen LogP contribution in [0.15, 0.2) is 63.9 Å². The van der Waals surface area contributed by atoms with E-state index in [1.165, 1.54) is 31.4 Å². The molecule has 3 aromatic rings. The van der Waals surface area contributed by atoms with E-state index >= 15 is 0 Å². The summed E-state index contributed by atoms with van der Waals surface area (Å²) in [5, 5.41) is 10.5. The Kier molecular flexibility index (Phi) is 8.12. The van der Waals surface area contributed by atoms with Crippen molar-refractivity contribution in [1.82, 2.24) is 4.90 Å². The summed E-state index contributed by atoms with van der Waals surface area (Å²) >= 11 is 0.786. The molecule has 1 aliphatic rings. The predicted octanol–water partition coefficient (Wildman–Crippen LogP) is 5.19. The van der Waals surface area contributed by atoms with Gasteiger partial charge in [0.2, 0.25) is 5.76 Å². The number of hydrogen-bond acceptors (Lipinski definition) is 10. The minimum atomic E-state index is -0.659. The van der Waals surface area contributed by atoms with Gasteiger partial charge in [-0.3, -0.25) is 24.6 Å². The Morgan fingerprint density at radius 3 is 2.66 bits per heavy atom. The fourth-order valence-electron chi connectivity index (χ4n) is 3.54. The van der Waals surface area contributed by atoms with E-state index in [4.69, 9.17) is 13.9 Å². The zero-order chi connectivity index (χ0) is 27.2. The molecule has 11 nitrogen and oxygen atoms in total. The van der Waals surface area contributed by atoms with Crippen molar-refractivity contribution in [3.05, 3.63) is 92.3 Å². The molecule has 196 valence electrons. The molecule has 38 heavy (non-hydrogen) atoms. The van der Waals surface area contributed by atoms with Gasteiger partial charge in [-0.05, 0) is 60.2 Å². The second kappa shape index (κ2) is 11.6. The number of hydrogen-bond donors (Lipinski definition) is 0. The number of benzene rings is 2. The molecule has 2 heterocycles. The van der Waals surface area contributed by atoms with Gasteiger partial charge in [0.05, 0.1) is 30.1 Å². The summed E-state index contributed by atoms with van der Waals surface area (Å²) in [6.07, 6.45) is 1.57. The van der Waals surface area contributed by atoms with E-state index < -0.39 is 22.0 Å². The lowest BCUT2D eigenvalue weighted by atomic mass is 10.1. The maximum absolute atomic E-state index is 12.9. The summed E-state index contributed by atoms with van der Waals surface area (Å²) in [4.78, 5) is 48.8. The monoisotopic (exact) mass is 538 g/mol. The highest BCUT2D eigenvalue weighted by atomic mass is 32.2. The molecule has 0 aliphatic carbocycles. The number of non-ortho nitro benzene ring substituents is 1. The summed E-state index contributed by atoms with van der Waals surface area (Å²) < 4.78 is 21.5. The summed E-state index contributed by atoms with van der Waals surface area (Å²) in [6.45, 7) is 2.12. The van der Waals surface area contributed by atoms with E-state index in [0.29, 0.717) is 29.2 Å². The van der Waals surface area contributed by atoms with Gasteiger partial charge in [-0.15, -0.1) is 0 Å². The van der Waals surface area contributed by atoms with Gasteiger partial charge in [-0.25, -0.2) is 4.79 Å². The van der Waals surface area contributed by atoms with Gasteiger partial charge >= 0.3 is 5.97 Å². The minimum absolute atomic E-state index is 0.0266. The SMILES string of the molecule is CCOc1cc(/C=C2/SC(=O)N(Cc3ccc(C(=O)OC)o3)C2=O)ccc1OCc1cccc([N+](=O)[O-])c1. The van der Waals surface area contributed by atoms with E-state index in [-0.39, 0.29) is 35.3 Å². The number of thioether (sulfide) groups is 1. The highest BCUT2D eigenvalue weighted by Crippen LogP contribution is 2.36. The van der Waals surface area contributed by atoms with E-state index in [9.17, 15) is 24.5 Å². The topological polar surface area (TPSA) is 138 Å². The number of furan rings is 1. The first-order chi connectivity index (χ1) is 18.3. The van der Waals surface area contributed by atoms with Crippen LogP contribution in [0.4, 0.5) is 10.5 Å². The first-order valence-corrected chi connectivity index (χ1v) is 12.2. The van der Waals surface area contributed by atoms with E-state index in [2.05, 4.69) is 4.74 Å². The Morgan fingerprint density at radius 2 is 1.92 bits per heavy atom. The van der Waals surface area contributed by atoms with Gasteiger partial charge in [-0.2, -0.15) is 0 Å². The van der Waals surface area contributed by atoms with Crippen molar-refractivity contribution >= 4 is 40.6 Å². The number of rotatable bonds is 10. The standard InChI is InChI=1S/C26H22N2O9S/c1-3-35-22-12-16(7-9-20(22)36-15-17-5-4-6-18(11-17)28(32)33)13-23-24(29)27(26(31)38-23)14-19-8-10-21(37-19)25(30)34-2/h4-13H,3,14-15H2,1-2H3/b23-13+. The molecule has 0 spiro atoms. The molecule has 12 heteroatoms. The van der Waals surface area contributed by atoms with E-state index in [1.54, 1.807) is 36.4 Å². The van der Waals surface area contributed by atoms with Crippen molar-refractivity contribution in [2.75, 3.05) is 13.7 Å². The number of carbonyl (C=O) groups excluding carboxylic acids is 3. The second-order valence-electron chi connectivity index (χ2n) is 7.88. The number of esters is 1. The zero-order valence-corrected chi connectivity index (χ0v) is 21.2. The summed E-state index contributed by atoms with van der Waals surface area (Å²) in [5.74, 6) is -0.0911. The molecule has 0 saturated carbocycles. The van der Waals surface area contributed by atoms with Crippen LogP contribution in [-0.2, 0) is 22.7 Å². The number of methoxy groups -OCH3 is 1. The van der Waals surface area contributed by atoms with Gasteiger partial charge in [0.15, 0.2) is 11.5 Å². The molecule has 1 saturated heterocycles.